The molecule has 0 aliphatic carbocycles. The molecule has 1 spiro atoms. The number of halogens is 2. The van der Waals surface area contributed by atoms with Gasteiger partial charge >= 0.3 is 0 Å². The summed E-state index contributed by atoms with van der Waals surface area (Å²) >= 11 is 12.4. The van der Waals surface area contributed by atoms with E-state index in [0.29, 0.717) is 28.0 Å². The van der Waals surface area contributed by atoms with Crippen molar-refractivity contribution in [1.82, 2.24) is 9.88 Å². The van der Waals surface area contributed by atoms with Gasteiger partial charge in [-0.2, -0.15) is 0 Å². The average molecular weight is 452 g/mol. The Balaban J connectivity index is 1.74. The molecular weight excluding hydrogens is 433 g/mol. The molecule has 3 aromatic rings. The number of likely N-dealkylation sites (tertiary alicyclic amines) is 1. The molecule has 1 fully saturated rings. The third kappa shape index (κ3) is 2.99. The smallest absolute Gasteiger partial charge is 0.250 e. The van der Waals surface area contributed by atoms with Crippen molar-refractivity contribution in [3.63, 3.8) is 0 Å². The highest BCUT2D eigenvalue weighted by atomic mass is 35.5. The number of benzene rings is 2. The van der Waals surface area contributed by atoms with Crippen molar-refractivity contribution < 1.29 is 9.59 Å². The molecule has 1 saturated heterocycles. The Bertz CT molecular complexity index is 1180. The van der Waals surface area contributed by atoms with Crippen molar-refractivity contribution in [3.05, 3.63) is 93.7 Å². The van der Waals surface area contributed by atoms with E-state index in [1.807, 2.05) is 36.2 Å². The molecule has 156 valence electrons. The van der Waals surface area contributed by atoms with Gasteiger partial charge in [0.25, 0.3) is 0 Å². The van der Waals surface area contributed by atoms with E-state index in [0.717, 1.165) is 11.1 Å². The number of fused-ring (bicyclic) bond motifs is 2. The van der Waals surface area contributed by atoms with Crippen LogP contribution < -0.4 is 5.32 Å². The largest absolute Gasteiger partial charge is 0.324 e. The van der Waals surface area contributed by atoms with Crippen molar-refractivity contribution in [1.29, 1.82) is 0 Å². The highest BCUT2D eigenvalue weighted by Gasteiger charge is 2.64. The van der Waals surface area contributed by atoms with Crippen LogP contribution in [-0.2, 0) is 10.3 Å². The summed E-state index contributed by atoms with van der Waals surface area (Å²) in [5.41, 5.74) is 1.50. The highest BCUT2D eigenvalue weighted by Crippen LogP contribution is 2.55. The molecule has 2 aromatic carbocycles. The zero-order valence-corrected chi connectivity index (χ0v) is 18.2. The van der Waals surface area contributed by atoms with Gasteiger partial charge in [0, 0.05) is 40.0 Å². The van der Waals surface area contributed by atoms with Gasteiger partial charge in [-0.15, -0.1) is 0 Å². The van der Waals surface area contributed by atoms with E-state index in [-0.39, 0.29) is 17.6 Å². The Morgan fingerprint density at radius 2 is 1.84 bits per heavy atom. The maximum absolute atomic E-state index is 13.9. The molecule has 0 saturated carbocycles. The van der Waals surface area contributed by atoms with E-state index < -0.39 is 11.5 Å². The fourth-order valence-corrected chi connectivity index (χ4v) is 5.39. The second-order valence-corrected chi connectivity index (χ2v) is 8.88. The van der Waals surface area contributed by atoms with Gasteiger partial charge in [-0.3, -0.25) is 19.5 Å². The number of Topliss-reactive ketones (excluding diaryl/α,β-unsaturated/α-hetero) is 1. The summed E-state index contributed by atoms with van der Waals surface area (Å²) in [5, 5.41) is 4.11. The lowest BCUT2D eigenvalue weighted by molar-refractivity contribution is -0.126. The number of nitrogens with zero attached hydrogens (tertiary/aromatic N) is 2. The van der Waals surface area contributed by atoms with Crippen LogP contribution in [0.4, 0.5) is 5.69 Å². The van der Waals surface area contributed by atoms with Gasteiger partial charge in [-0.25, -0.2) is 0 Å². The Morgan fingerprint density at radius 1 is 1.10 bits per heavy atom. The quantitative estimate of drug-likeness (QED) is 0.582. The van der Waals surface area contributed by atoms with Crippen LogP contribution in [0.1, 0.15) is 27.5 Å². The second kappa shape index (κ2) is 7.45. The van der Waals surface area contributed by atoms with E-state index in [1.54, 1.807) is 42.6 Å². The van der Waals surface area contributed by atoms with E-state index in [4.69, 9.17) is 23.2 Å². The summed E-state index contributed by atoms with van der Waals surface area (Å²) < 4.78 is 0. The molecule has 3 heterocycles. The lowest BCUT2D eigenvalue weighted by atomic mass is 9.71. The summed E-state index contributed by atoms with van der Waals surface area (Å²) in [6.07, 6.45) is 1.59. The van der Waals surface area contributed by atoms with Gasteiger partial charge < -0.3 is 5.32 Å². The average Bonchev–Trinajstić information content (AvgIpc) is 3.24. The predicted octanol–water partition coefficient (Wildman–Crippen LogP) is 4.76. The first-order valence-electron chi connectivity index (χ1n) is 9.96. The first-order chi connectivity index (χ1) is 14.9. The zero-order valence-electron chi connectivity index (χ0n) is 16.7. The normalized spacial score (nSPS) is 24.9. The van der Waals surface area contributed by atoms with Gasteiger partial charge in [-0.1, -0.05) is 41.4 Å². The molecule has 1 amide bonds. The van der Waals surface area contributed by atoms with E-state index >= 15 is 0 Å². The van der Waals surface area contributed by atoms with E-state index in [2.05, 4.69) is 10.3 Å². The van der Waals surface area contributed by atoms with Crippen LogP contribution in [0.5, 0.6) is 0 Å². The van der Waals surface area contributed by atoms with Crippen molar-refractivity contribution in [2.24, 2.45) is 5.92 Å². The first kappa shape index (κ1) is 20.2. The molecule has 2 aliphatic heterocycles. The fraction of sp³-hybridized carbons (Fsp3) is 0.208. The third-order valence-electron chi connectivity index (χ3n) is 6.41. The molecule has 0 bridgehead atoms. The Morgan fingerprint density at radius 3 is 2.55 bits per heavy atom. The van der Waals surface area contributed by atoms with E-state index in [9.17, 15) is 9.59 Å². The summed E-state index contributed by atoms with van der Waals surface area (Å²) in [5.74, 6) is -1.31. The van der Waals surface area contributed by atoms with Crippen LogP contribution in [0.15, 0.2) is 66.9 Å². The minimum atomic E-state index is -1.18. The highest BCUT2D eigenvalue weighted by molar-refractivity contribution is 6.31. The maximum Gasteiger partial charge on any atom is 0.250 e. The number of aromatic nitrogens is 1. The Hall–Kier alpha value is -2.73. The zero-order chi connectivity index (χ0) is 21.8. The predicted molar refractivity (Wildman–Crippen MR) is 121 cm³/mol. The minimum Gasteiger partial charge on any atom is -0.324 e. The van der Waals surface area contributed by atoms with Crippen LogP contribution in [0, 0.1) is 5.92 Å². The standard InChI is InChI=1S/C24H19Cl2N3O2/c1-29-13-17(14-5-7-15(25)8-6-14)21(22(30)20-4-2-3-11-27-20)24(29)18-12-16(26)9-10-19(18)28-23(24)31/h2-12,17,21H,13H2,1H3,(H,28,31)/t17-,21-,24-/m1/s1. The third-order valence-corrected chi connectivity index (χ3v) is 6.90. The molecule has 1 aromatic heterocycles. The number of likely N-dealkylation sites (N-methyl/N-ethyl adjacent to an activating group) is 1. The number of amides is 1. The molecule has 5 rings (SSSR count). The number of anilines is 1. The van der Waals surface area contributed by atoms with Crippen molar-refractivity contribution in [3.8, 4) is 0 Å². The van der Waals surface area contributed by atoms with Crippen LogP contribution >= 0.6 is 23.2 Å². The number of nitrogens with one attached hydrogen (secondary N) is 1. The molecule has 5 nitrogen and oxygen atoms in total. The molecular formula is C24H19Cl2N3O2. The number of pyridine rings is 1. The van der Waals surface area contributed by atoms with Gasteiger partial charge in [0.15, 0.2) is 5.78 Å². The fourth-order valence-electron chi connectivity index (χ4n) is 5.09. The number of ketones is 1. The summed E-state index contributed by atoms with van der Waals surface area (Å²) in [6, 6.07) is 18.0. The summed E-state index contributed by atoms with van der Waals surface area (Å²) in [7, 11) is 1.88. The van der Waals surface area contributed by atoms with Gasteiger partial charge in [-0.05, 0) is 55.1 Å². The summed E-state index contributed by atoms with van der Waals surface area (Å²) in [4.78, 5) is 33.7. The van der Waals surface area contributed by atoms with Crippen LogP contribution in [0.2, 0.25) is 10.0 Å². The Labute approximate surface area is 190 Å². The molecule has 0 radical (unpaired) electrons. The Kier molecular flexibility index (Phi) is 4.85. The molecule has 2 aliphatic rings. The monoisotopic (exact) mass is 451 g/mol. The number of hydrogen-bond acceptors (Lipinski definition) is 4. The summed E-state index contributed by atoms with van der Waals surface area (Å²) in [6.45, 7) is 0.518. The lowest BCUT2D eigenvalue weighted by Gasteiger charge is -2.35. The van der Waals surface area contributed by atoms with Crippen LogP contribution in [0.3, 0.4) is 0 Å². The molecule has 0 unspecified atom stereocenters. The lowest BCUT2D eigenvalue weighted by Crippen LogP contribution is -2.51. The molecule has 3 atom stereocenters. The number of carbonyl (C=O) groups excluding carboxylic acids is 2. The van der Waals surface area contributed by atoms with Crippen molar-refractivity contribution >= 4 is 40.6 Å². The van der Waals surface area contributed by atoms with Gasteiger partial charge in [0.1, 0.15) is 11.2 Å². The van der Waals surface area contributed by atoms with Crippen molar-refractivity contribution in [2.75, 3.05) is 18.9 Å². The molecule has 7 heteroatoms. The SMILES string of the molecule is CN1C[C@H](c2ccc(Cl)cc2)[C@H](C(=O)c2ccccn2)[C@]12C(=O)Nc1ccc(Cl)cc12. The molecule has 31 heavy (non-hydrogen) atoms. The van der Waals surface area contributed by atoms with Crippen molar-refractivity contribution in [2.45, 2.75) is 11.5 Å². The maximum atomic E-state index is 13.9. The van der Waals surface area contributed by atoms with E-state index in [1.165, 1.54) is 0 Å². The van der Waals surface area contributed by atoms with Crippen LogP contribution in [-0.4, -0.2) is 35.2 Å². The second-order valence-electron chi connectivity index (χ2n) is 8.01. The minimum absolute atomic E-state index is 0.173. The number of carbonyl (C=O) groups is 2. The number of rotatable bonds is 3. The van der Waals surface area contributed by atoms with Gasteiger partial charge in [0.05, 0.1) is 5.92 Å². The number of hydrogen-bond donors (Lipinski definition) is 1. The molecule has 1 N–H and O–H groups in total. The van der Waals surface area contributed by atoms with Crippen LogP contribution in [0.25, 0.3) is 0 Å². The topological polar surface area (TPSA) is 62.3 Å². The van der Waals surface area contributed by atoms with Gasteiger partial charge in [0.2, 0.25) is 5.91 Å². The first-order valence-corrected chi connectivity index (χ1v) is 10.7.